The van der Waals surface area contributed by atoms with Gasteiger partial charge in [0.05, 0.1) is 37.3 Å². The molecule has 1 aliphatic rings. The average molecular weight is 377 g/mol. The van der Waals surface area contributed by atoms with Crippen LogP contribution in [0.4, 0.5) is 0 Å². The number of methoxy groups -OCH3 is 1. The largest absolute Gasteiger partial charge is 0.488 e. The van der Waals surface area contributed by atoms with E-state index < -0.39 is 0 Å². The predicted octanol–water partition coefficient (Wildman–Crippen LogP) is 2.35. The predicted molar refractivity (Wildman–Crippen MR) is 98.5 cm³/mol. The second-order valence-corrected chi connectivity index (χ2v) is 7.27. The van der Waals surface area contributed by atoms with Crippen LogP contribution in [0.15, 0.2) is 36.4 Å². The van der Waals surface area contributed by atoms with Gasteiger partial charge in [-0.25, -0.2) is 0 Å². The molecular formula is C19H23NO5S. The summed E-state index contributed by atoms with van der Waals surface area (Å²) in [4.78, 5) is 14.2. The SMILES string of the molecule is COCc1ccc(C(=O)N[C@@H]2COCC[C@H]2Oc2ccc(CO)cc2)s1. The molecule has 0 saturated carbocycles. The van der Waals surface area contributed by atoms with E-state index in [0.29, 0.717) is 36.9 Å². The maximum atomic E-state index is 12.5. The van der Waals surface area contributed by atoms with Gasteiger partial charge >= 0.3 is 0 Å². The molecule has 0 bridgehead atoms. The summed E-state index contributed by atoms with van der Waals surface area (Å²) in [6.45, 7) is 1.52. The molecule has 1 fully saturated rings. The van der Waals surface area contributed by atoms with Crippen molar-refractivity contribution in [3.05, 3.63) is 51.7 Å². The van der Waals surface area contributed by atoms with E-state index in [1.165, 1.54) is 11.3 Å². The van der Waals surface area contributed by atoms with Crippen molar-refractivity contribution < 1.29 is 24.1 Å². The summed E-state index contributed by atoms with van der Waals surface area (Å²) in [6, 6.07) is 10.8. The quantitative estimate of drug-likeness (QED) is 0.775. The number of carbonyl (C=O) groups excluding carboxylic acids is 1. The minimum Gasteiger partial charge on any atom is -0.488 e. The topological polar surface area (TPSA) is 77.0 Å². The molecule has 6 nitrogen and oxygen atoms in total. The van der Waals surface area contributed by atoms with Crippen LogP contribution in [0, 0.1) is 0 Å². The van der Waals surface area contributed by atoms with E-state index in [2.05, 4.69) is 5.32 Å². The lowest BCUT2D eigenvalue weighted by atomic mass is 10.1. The van der Waals surface area contributed by atoms with Crippen molar-refractivity contribution in [3.63, 3.8) is 0 Å². The summed E-state index contributed by atoms with van der Waals surface area (Å²) in [5.41, 5.74) is 0.832. The summed E-state index contributed by atoms with van der Waals surface area (Å²) in [7, 11) is 1.63. The number of hydrogen-bond donors (Lipinski definition) is 2. The molecule has 1 amide bonds. The first kappa shape index (κ1) is 18.8. The highest BCUT2D eigenvalue weighted by Crippen LogP contribution is 2.21. The normalized spacial score (nSPS) is 19.9. The van der Waals surface area contributed by atoms with Crippen LogP contribution in [0.1, 0.15) is 26.5 Å². The number of ether oxygens (including phenoxy) is 3. The maximum absolute atomic E-state index is 12.5. The number of thiophene rings is 1. The molecule has 1 aliphatic heterocycles. The first-order valence-electron chi connectivity index (χ1n) is 8.52. The molecule has 0 aliphatic carbocycles. The Hall–Kier alpha value is -1.93. The lowest BCUT2D eigenvalue weighted by Gasteiger charge is -2.32. The van der Waals surface area contributed by atoms with Gasteiger partial charge in [-0.2, -0.15) is 0 Å². The second-order valence-electron chi connectivity index (χ2n) is 6.10. The van der Waals surface area contributed by atoms with Crippen LogP contribution >= 0.6 is 11.3 Å². The molecule has 7 heteroatoms. The van der Waals surface area contributed by atoms with E-state index in [0.717, 1.165) is 10.4 Å². The fourth-order valence-electron chi connectivity index (χ4n) is 2.80. The van der Waals surface area contributed by atoms with Crippen molar-refractivity contribution in [2.75, 3.05) is 20.3 Å². The van der Waals surface area contributed by atoms with Crippen molar-refractivity contribution in [1.29, 1.82) is 0 Å². The molecule has 2 N–H and O–H groups in total. The van der Waals surface area contributed by atoms with Crippen molar-refractivity contribution in [3.8, 4) is 5.75 Å². The lowest BCUT2D eigenvalue weighted by Crippen LogP contribution is -2.51. The zero-order chi connectivity index (χ0) is 18.4. The van der Waals surface area contributed by atoms with Gasteiger partial charge in [-0.15, -0.1) is 11.3 Å². The molecule has 1 aromatic heterocycles. The van der Waals surface area contributed by atoms with Crippen molar-refractivity contribution in [2.45, 2.75) is 31.8 Å². The van der Waals surface area contributed by atoms with Gasteiger partial charge in [-0.05, 0) is 29.8 Å². The minimum atomic E-state index is -0.221. The number of aliphatic hydroxyl groups is 1. The monoisotopic (exact) mass is 377 g/mol. The Kier molecular flexibility index (Phi) is 6.62. The van der Waals surface area contributed by atoms with E-state index in [4.69, 9.17) is 19.3 Å². The van der Waals surface area contributed by atoms with E-state index >= 15 is 0 Å². The molecule has 2 atom stereocenters. The fourth-order valence-corrected chi connectivity index (χ4v) is 3.68. The van der Waals surface area contributed by atoms with Crippen LogP contribution in [0.2, 0.25) is 0 Å². The number of amides is 1. The average Bonchev–Trinajstić information content (AvgIpc) is 3.13. The summed E-state index contributed by atoms with van der Waals surface area (Å²) < 4.78 is 16.7. The zero-order valence-corrected chi connectivity index (χ0v) is 15.5. The first-order valence-corrected chi connectivity index (χ1v) is 9.34. The molecule has 3 rings (SSSR count). The Morgan fingerprint density at radius 2 is 2.12 bits per heavy atom. The standard InChI is InChI=1S/C19H23NO5S/c1-23-11-15-6-7-18(26-15)19(22)20-16-12-24-9-8-17(16)25-14-4-2-13(10-21)3-5-14/h2-7,16-17,21H,8-12H2,1H3,(H,20,22)/t16-,17-/m1/s1. The van der Waals surface area contributed by atoms with Gasteiger partial charge in [0.2, 0.25) is 0 Å². The van der Waals surface area contributed by atoms with Crippen LogP contribution in [0.25, 0.3) is 0 Å². The van der Waals surface area contributed by atoms with Crippen LogP contribution in [0.3, 0.4) is 0 Å². The molecule has 0 unspecified atom stereocenters. The minimum absolute atomic E-state index is 0.00209. The van der Waals surface area contributed by atoms with E-state index in [-0.39, 0.29) is 24.7 Å². The van der Waals surface area contributed by atoms with Crippen LogP contribution in [-0.4, -0.2) is 43.5 Å². The molecule has 140 valence electrons. The number of rotatable bonds is 7. The number of carbonyl (C=O) groups is 1. The Balaban J connectivity index is 1.62. The molecule has 1 saturated heterocycles. The lowest BCUT2D eigenvalue weighted by molar-refractivity contribution is -0.00283. The smallest absolute Gasteiger partial charge is 0.261 e. The third-order valence-corrected chi connectivity index (χ3v) is 5.23. The number of benzene rings is 1. The van der Waals surface area contributed by atoms with Crippen molar-refractivity contribution in [1.82, 2.24) is 5.32 Å². The first-order chi connectivity index (χ1) is 12.7. The Bertz CT molecular complexity index is 715. The Morgan fingerprint density at radius 1 is 1.31 bits per heavy atom. The zero-order valence-electron chi connectivity index (χ0n) is 14.6. The molecule has 0 radical (unpaired) electrons. The number of aliphatic hydroxyl groups excluding tert-OH is 1. The number of hydrogen-bond acceptors (Lipinski definition) is 6. The molecule has 1 aromatic carbocycles. The highest BCUT2D eigenvalue weighted by atomic mass is 32.1. The van der Waals surface area contributed by atoms with Gasteiger partial charge in [0.1, 0.15) is 11.9 Å². The Labute approximate surface area is 156 Å². The molecule has 2 aromatic rings. The van der Waals surface area contributed by atoms with Gasteiger partial charge in [0.15, 0.2) is 0 Å². The molecule has 0 spiro atoms. The van der Waals surface area contributed by atoms with Gasteiger partial charge < -0.3 is 24.6 Å². The highest BCUT2D eigenvalue weighted by Gasteiger charge is 2.29. The van der Waals surface area contributed by atoms with Gasteiger partial charge in [-0.1, -0.05) is 12.1 Å². The summed E-state index contributed by atoms with van der Waals surface area (Å²) >= 11 is 1.42. The molecular weight excluding hydrogens is 354 g/mol. The van der Waals surface area contributed by atoms with Crippen LogP contribution in [0.5, 0.6) is 5.75 Å². The summed E-state index contributed by atoms with van der Waals surface area (Å²) in [6.07, 6.45) is 0.539. The number of nitrogens with one attached hydrogen (secondary N) is 1. The molecule has 2 heterocycles. The fraction of sp³-hybridized carbons (Fsp3) is 0.421. The van der Waals surface area contributed by atoms with Crippen molar-refractivity contribution >= 4 is 17.2 Å². The van der Waals surface area contributed by atoms with Gasteiger partial charge in [-0.3, -0.25) is 4.79 Å². The van der Waals surface area contributed by atoms with E-state index in [1.54, 1.807) is 7.11 Å². The second kappa shape index (κ2) is 9.14. The van der Waals surface area contributed by atoms with E-state index in [9.17, 15) is 4.79 Å². The molecule has 26 heavy (non-hydrogen) atoms. The van der Waals surface area contributed by atoms with Crippen molar-refractivity contribution in [2.24, 2.45) is 0 Å². The highest BCUT2D eigenvalue weighted by molar-refractivity contribution is 7.14. The Morgan fingerprint density at radius 3 is 2.85 bits per heavy atom. The third kappa shape index (κ3) is 4.82. The summed E-state index contributed by atoms with van der Waals surface area (Å²) in [5.74, 6) is 0.587. The summed E-state index contributed by atoms with van der Waals surface area (Å²) in [5, 5.41) is 12.1. The van der Waals surface area contributed by atoms with Gasteiger partial charge in [0.25, 0.3) is 5.91 Å². The van der Waals surface area contributed by atoms with Crippen LogP contribution < -0.4 is 10.1 Å². The third-order valence-electron chi connectivity index (χ3n) is 4.17. The van der Waals surface area contributed by atoms with Gasteiger partial charge in [0, 0.05) is 18.4 Å². The van der Waals surface area contributed by atoms with Crippen LogP contribution in [-0.2, 0) is 22.7 Å². The maximum Gasteiger partial charge on any atom is 0.261 e. The van der Waals surface area contributed by atoms with E-state index in [1.807, 2.05) is 36.4 Å².